The number of rotatable bonds is 8. The van der Waals surface area contributed by atoms with E-state index in [4.69, 9.17) is 16.3 Å². The van der Waals surface area contributed by atoms with Crippen LogP contribution in [-0.2, 0) is 27.6 Å². The molecule has 0 fully saturated rings. The number of carbonyl (C=O) groups excluding carboxylic acids is 1. The molecule has 1 unspecified atom stereocenters. The number of aryl methyl sites for hydroxylation is 2. The maximum absolute atomic E-state index is 12.9. The minimum absolute atomic E-state index is 0.101. The minimum atomic E-state index is -3.78. The maximum atomic E-state index is 12.9. The van der Waals surface area contributed by atoms with Gasteiger partial charge in [0.2, 0.25) is 10.0 Å². The first-order chi connectivity index (χ1) is 15.4. The van der Waals surface area contributed by atoms with Crippen LogP contribution in [0.1, 0.15) is 51.0 Å². The Morgan fingerprint density at radius 1 is 1.06 bits per heavy atom. The zero-order valence-electron chi connectivity index (χ0n) is 17.4. The molecular formula is C24H24ClNO4S2. The van der Waals surface area contributed by atoms with Crippen LogP contribution in [0.25, 0.3) is 0 Å². The van der Waals surface area contributed by atoms with Crippen LogP contribution >= 0.6 is 22.9 Å². The molecule has 0 saturated heterocycles. The predicted molar refractivity (Wildman–Crippen MR) is 127 cm³/mol. The van der Waals surface area contributed by atoms with Crippen molar-refractivity contribution in [2.75, 3.05) is 6.61 Å². The Hall–Kier alpha value is -2.19. The van der Waals surface area contributed by atoms with Crippen LogP contribution < -0.4 is 4.72 Å². The molecule has 0 aliphatic heterocycles. The summed E-state index contributed by atoms with van der Waals surface area (Å²) >= 11 is 7.39. The van der Waals surface area contributed by atoms with Crippen LogP contribution in [0.5, 0.6) is 0 Å². The lowest BCUT2D eigenvalue weighted by molar-refractivity contribution is 0.0497. The quantitative estimate of drug-likeness (QED) is 0.421. The van der Waals surface area contributed by atoms with Gasteiger partial charge in [-0.25, -0.2) is 17.9 Å². The summed E-state index contributed by atoms with van der Waals surface area (Å²) in [4.78, 5) is 14.6. The number of hydrogen-bond acceptors (Lipinski definition) is 5. The predicted octanol–water partition coefficient (Wildman–Crippen LogP) is 5.55. The molecule has 2 aromatic carbocycles. The fourth-order valence-corrected chi connectivity index (χ4v) is 6.31. The van der Waals surface area contributed by atoms with Gasteiger partial charge in [-0.2, -0.15) is 0 Å². The van der Waals surface area contributed by atoms with Gasteiger partial charge in [-0.05, 0) is 67.1 Å². The normalized spacial score (nSPS) is 14.5. The van der Waals surface area contributed by atoms with Crippen LogP contribution in [0, 0.1) is 0 Å². The lowest BCUT2D eigenvalue weighted by atomic mass is 9.99. The average Bonchev–Trinajstić information content (AvgIpc) is 3.24. The Morgan fingerprint density at radius 2 is 1.78 bits per heavy atom. The van der Waals surface area contributed by atoms with Crippen molar-refractivity contribution in [1.82, 2.24) is 4.72 Å². The Labute approximate surface area is 197 Å². The lowest BCUT2D eigenvalue weighted by Gasteiger charge is -2.19. The number of sulfonamides is 1. The van der Waals surface area contributed by atoms with E-state index >= 15 is 0 Å². The van der Waals surface area contributed by atoms with Crippen LogP contribution in [-0.4, -0.2) is 21.0 Å². The van der Waals surface area contributed by atoms with Gasteiger partial charge in [0.25, 0.3) is 0 Å². The van der Waals surface area contributed by atoms with Crippen molar-refractivity contribution in [3.8, 4) is 0 Å². The topological polar surface area (TPSA) is 72.5 Å². The fourth-order valence-electron chi connectivity index (χ4n) is 3.78. The van der Waals surface area contributed by atoms with E-state index in [2.05, 4.69) is 4.72 Å². The van der Waals surface area contributed by atoms with E-state index in [0.29, 0.717) is 16.3 Å². The Kier molecular flexibility index (Phi) is 7.30. The van der Waals surface area contributed by atoms with E-state index in [1.165, 1.54) is 46.0 Å². The van der Waals surface area contributed by atoms with Gasteiger partial charge in [0.05, 0.1) is 17.5 Å². The van der Waals surface area contributed by atoms with Crippen molar-refractivity contribution in [2.45, 2.75) is 43.0 Å². The monoisotopic (exact) mass is 489 g/mol. The molecule has 3 aromatic rings. The van der Waals surface area contributed by atoms with Crippen molar-refractivity contribution in [3.63, 3.8) is 0 Å². The summed E-state index contributed by atoms with van der Waals surface area (Å²) in [5.74, 6) is -0.350. The summed E-state index contributed by atoms with van der Waals surface area (Å²) in [6.45, 7) is 0.101. The second-order valence-electron chi connectivity index (χ2n) is 7.73. The summed E-state index contributed by atoms with van der Waals surface area (Å²) < 4.78 is 34.0. The molecule has 168 valence electrons. The van der Waals surface area contributed by atoms with Crippen molar-refractivity contribution >= 4 is 38.9 Å². The summed E-state index contributed by atoms with van der Waals surface area (Å²) in [7, 11) is -3.78. The molecule has 1 atom stereocenters. The molecule has 4 rings (SSSR count). The first-order valence-corrected chi connectivity index (χ1v) is 13.2. The number of carbonyl (C=O) groups is 1. The van der Waals surface area contributed by atoms with Gasteiger partial charge in [-0.1, -0.05) is 41.9 Å². The van der Waals surface area contributed by atoms with E-state index in [1.807, 2.05) is 36.4 Å². The van der Waals surface area contributed by atoms with Gasteiger partial charge in [0.15, 0.2) is 0 Å². The molecule has 5 nitrogen and oxygen atoms in total. The summed E-state index contributed by atoms with van der Waals surface area (Å²) in [5, 5.41) is 0.464. The van der Waals surface area contributed by atoms with Crippen molar-refractivity contribution in [2.24, 2.45) is 0 Å². The zero-order chi connectivity index (χ0) is 22.6. The molecule has 0 amide bonds. The average molecular weight is 490 g/mol. The standard InChI is InChI=1S/C24H24ClNO4S2/c25-19-10-12-20(13-11-19)32(28,29)26-21(17-6-2-1-3-7-17)14-15-30-24(27)23-16-18-8-4-5-9-22(18)31-23/h1-3,6-7,10-13,16,21,26H,4-5,8-9,14-15H2. The largest absolute Gasteiger partial charge is 0.461 e. The number of halogens is 1. The second kappa shape index (κ2) is 10.2. The number of thiophene rings is 1. The van der Waals surface area contributed by atoms with Gasteiger partial charge in [-0.3, -0.25) is 0 Å². The highest BCUT2D eigenvalue weighted by molar-refractivity contribution is 7.89. The van der Waals surface area contributed by atoms with Gasteiger partial charge < -0.3 is 4.74 Å². The van der Waals surface area contributed by atoms with E-state index in [1.54, 1.807) is 0 Å². The number of esters is 1. The van der Waals surface area contributed by atoms with Crippen LogP contribution in [0.4, 0.5) is 0 Å². The van der Waals surface area contributed by atoms with E-state index in [0.717, 1.165) is 31.2 Å². The molecule has 8 heteroatoms. The van der Waals surface area contributed by atoms with Gasteiger partial charge in [0.1, 0.15) is 4.88 Å². The molecule has 1 aliphatic rings. The van der Waals surface area contributed by atoms with Crippen molar-refractivity contribution < 1.29 is 17.9 Å². The molecule has 1 aliphatic carbocycles. The van der Waals surface area contributed by atoms with Gasteiger partial charge in [0, 0.05) is 16.3 Å². The van der Waals surface area contributed by atoms with Crippen LogP contribution in [0.15, 0.2) is 65.6 Å². The maximum Gasteiger partial charge on any atom is 0.348 e. The summed E-state index contributed by atoms with van der Waals surface area (Å²) in [5.41, 5.74) is 2.05. The van der Waals surface area contributed by atoms with Gasteiger partial charge >= 0.3 is 5.97 Å². The number of fused-ring (bicyclic) bond motifs is 1. The Bertz CT molecular complexity index is 1150. The SMILES string of the molecule is O=C(OCCC(NS(=O)(=O)c1ccc(Cl)cc1)c1ccccc1)c1cc2c(s1)CCCC2. The third-order valence-electron chi connectivity index (χ3n) is 5.46. The third kappa shape index (κ3) is 5.59. The Morgan fingerprint density at radius 3 is 2.50 bits per heavy atom. The molecule has 1 N–H and O–H groups in total. The number of hydrogen-bond donors (Lipinski definition) is 1. The van der Waals surface area contributed by atoms with Crippen molar-refractivity contribution in [1.29, 1.82) is 0 Å². The number of nitrogens with one attached hydrogen (secondary N) is 1. The highest BCUT2D eigenvalue weighted by Crippen LogP contribution is 2.30. The molecular weight excluding hydrogens is 466 g/mol. The van der Waals surface area contributed by atoms with E-state index in [-0.39, 0.29) is 17.5 Å². The highest BCUT2D eigenvalue weighted by atomic mass is 35.5. The molecule has 0 bridgehead atoms. The van der Waals surface area contributed by atoms with E-state index in [9.17, 15) is 13.2 Å². The second-order valence-corrected chi connectivity index (χ2v) is 11.0. The first-order valence-electron chi connectivity index (χ1n) is 10.5. The summed E-state index contributed by atoms with van der Waals surface area (Å²) in [6.07, 6.45) is 4.67. The summed E-state index contributed by atoms with van der Waals surface area (Å²) in [6, 6.07) is 16.7. The molecule has 32 heavy (non-hydrogen) atoms. The molecule has 1 heterocycles. The van der Waals surface area contributed by atoms with Crippen LogP contribution in [0.3, 0.4) is 0 Å². The smallest absolute Gasteiger partial charge is 0.348 e. The van der Waals surface area contributed by atoms with Gasteiger partial charge in [-0.15, -0.1) is 11.3 Å². The highest BCUT2D eigenvalue weighted by Gasteiger charge is 2.23. The zero-order valence-corrected chi connectivity index (χ0v) is 19.8. The lowest BCUT2D eigenvalue weighted by Crippen LogP contribution is -2.29. The third-order valence-corrected chi connectivity index (χ3v) is 8.42. The van der Waals surface area contributed by atoms with E-state index < -0.39 is 16.1 Å². The molecule has 0 saturated carbocycles. The number of benzene rings is 2. The number of ether oxygens (including phenoxy) is 1. The fraction of sp³-hybridized carbons (Fsp3) is 0.292. The molecule has 1 aromatic heterocycles. The first kappa shape index (κ1) is 23.0. The molecule has 0 spiro atoms. The van der Waals surface area contributed by atoms with Crippen molar-refractivity contribution in [3.05, 3.63) is 86.6 Å². The molecule has 0 radical (unpaired) electrons. The minimum Gasteiger partial charge on any atom is -0.461 e. The Balaban J connectivity index is 1.44. The van der Waals surface area contributed by atoms with Crippen LogP contribution in [0.2, 0.25) is 5.02 Å².